The van der Waals surface area contributed by atoms with Crippen molar-refractivity contribution in [3.63, 3.8) is 0 Å². The number of nitrogens with zero attached hydrogens (tertiary/aromatic N) is 2. The third kappa shape index (κ3) is 3.02. The van der Waals surface area contributed by atoms with Crippen LogP contribution >= 0.6 is 12.4 Å². The van der Waals surface area contributed by atoms with Gasteiger partial charge >= 0.3 is 0 Å². The molecule has 0 bridgehead atoms. The van der Waals surface area contributed by atoms with Gasteiger partial charge in [0, 0.05) is 24.4 Å². The Morgan fingerprint density at radius 3 is 2.12 bits per heavy atom. The van der Waals surface area contributed by atoms with Crippen LogP contribution in [-0.4, -0.2) is 16.5 Å². The van der Waals surface area contributed by atoms with Gasteiger partial charge in [0.15, 0.2) is 0 Å². The number of halogens is 1. The van der Waals surface area contributed by atoms with Gasteiger partial charge in [-0.3, -0.25) is 0 Å². The maximum atomic E-state index is 5.43. The lowest BCUT2D eigenvalue weighted by Gasteiger charge is -2.01. The van der Waals surface area contributed by atoms with Gasteiger partial charge in [-0.15, -0.1) is 12.4 Å². The second-order valence-corrected chi connectivity index (χ2v) is 3.29. The highest BCUT2D eigenvalue weighted by Gasteiger charge is 1.98. The molecule has 0 aliphatic heterocycles. The summed E-state index contributed by atoms with van der Waals surface area (Å²) in [6, 6.07) is 10.1. The molecule has 3 nitrogen and oxygen atoms in total. The Bertz CT molecular complexity index is 414. The van der Waals surface area contributed by atoms with Crippen LogP contribution in [0.5, 0.6) is 0 Å². The average Bonchev–Trinajstić information content (AvgIpc) is 2.32. The lowest BCUT2D eigenvalue weighted by molar-refractivity contribution is 0.868. The molecule has 2 N–H and O–H groups in total. The molecular formula is C12H14ClN3. The van der Waals surface area contributed by atoms with Crippen LogP contribution in [0.1, 0.15) is 5.82 Å². The molecule has 0 saturated heterocycles. The molecule has 0 fully saturated rings. The second kappa shape index (κ2) is 6.20. The van der Waals surface area contributed by atoms with Crippen molar-refractivity contribution in [3.05, 3.63) is 48.5 Å². The normalized spacial score (nSPS) is 9.56. The van der Waals surface area contributed by atoms with Crippen LogP contribution in [0.2, 0.25) is 0 Å². The van der Waals surface area contributed by atoms with Crippen molar-refractivity contribution in [1.82, 2.24) is 9.97 Å². The summed E-state index contributed by atoms with van der Waals surface area (Å²) in [5.74, 6) is 0.803. The van der Waals surface area contributed by atoms with Crippen molar-refractivity contribution in [1.29, 1.82) is 0 Å². The molecule has 2 rings (SSSR count). The first-order chi connectivity index (χ1) is 7.40. The predicted octanol–water partition coefficient (Wildman–Crippen LogP) is 2.07. The van der Waals surface area contributed by atoms with Crippen LogP contribution in [0.3, 0.4) is 0 Å². The zero-order chi connectivity index (χ0) is 10.5. The number of hydrogen-bond donors (Lipinski definition) is 1. The minimum absolute atomic E-state index is 0. The lowest BCUT2D eigenvalue weighted by Crippen LogP contribution is -2.06. The second-order valence-electron chi connectivity index (χ2n) is 3.29. The monoisotopic (exact) mass is 235 g/mol. The van der Waals surface area contributed by atoms with E-state index in [4.69, 9.17) is 5.73 Å². The number of rotatable bonds is 3. The van der Waals surface area contributed by atoms with E-state index < -0.39 is 0 Å². The number of benzene rings is 1. The van der Waals surface area contributed by atoms with Crippen LogP contribution in [0, 0.1) is 0 Å². The van der Waals surface area contributed by atoms with Gasteiger partial charge in [-0.05, 0) is 12.1 Å². The molecule has 0 aliphatic rings. The summed E-state index contributed by atoms with van der Waals surface area (Å²) in [6.07, 6.45) is 4.41. The summed E-state index contributed by atoms with van der Waals surface area (Å²) in [6.45, 7) is 0.588. The highest BCUT2D eigenvalue weighted by Crippen LogP contribution is 2.16. The van der Waals surface area contributed by atoms with E-state index in [1.54, 1.807) is 0 Å². The Kier molecular flexibility index (Phi) is 4.89. The molecule has 0 aliphatic carbocycles. The summed E-state index contributed by atoms with van der Waals surface area (Å²) < 4.78 is 0. The molecule has 0 saturated carbocycles. The Hall–Kier alpha value is -1.45. The van der Waals surface area contributed by atoms with E-state index in [0.29, 0.717) is 6.54 Å². The molecular weight excluding hydrogens is 222 g/mol. The molecule has 0 spiro atoms. The van der Waals surface area contributed by atoms with Crippen molar-refractivity contribution in [2.45, 2.75) is 6.42 Å². The van der Waals surface area contributed by atoms with E-state index in [0.717, 1.165) is 23.4 Å². The first kappa shape index (κ1) is 12.6. The first-order valence-corrected chi connectivity index (χ1v) is 4.96. The molecule has 0 radical (unpaired) electrons. The van der Waals surface area contributed by atoms with Gasteiger partial charge in [0.2, 0.25) is 0 Å². The number of nitrogens with two attached hydrogens (primary N) is 1. The van der Waals surface area contributed by atoms with Crippen molar-refractivity contribution >= 4 is 12.4 Å². The van der Waals surface area contributed by atoms with Crippen molar-refractivity contribution in [2.24, 2.45) is 5.73 Å². The van der Waals surface area contributed by atoms with E-state index in [-0.39, 0.29) is 12.4 Å². The van der Waals surface area contributed by atoms with Crippen LogP contribution < -0.4 is 5.73 Å². The highest BCUT2D eigenvalue weighted by atomic mass is 35.5. The molecule has 2 aromatic rings. The summed E-state index contributed by atoms with van der Waals surface area (Å²) >= 11 is 0. The first-order valence-electron chi connectivity index (χ1n) is 4.96. The quantitative estimate of drug-likeness (QED) is 0.886. The minimum Gasteiger partial charge on any atom is -0.330 e. The van der Waals surface area contributed by atoms with Crippen molar-refractivity contribution < 1.29 is 0 Å². The van der Waals surface area contributed by atoms with Crippen molar-refractivity contribution in [2.75, 3.05) is 6.54 Å². The lowest BCUT2D eigenvalue weighted by atomic mass is 10.1. The topological polar surface area (TPSA) is 51.8 Å². The smallest absolute Gasteiger partial charge is 0.129 e. The molecule has 1 heterocycles. The zero-order valence-corrected chi connectivity index (χ0v) is 9.65. The largest absolute Gasteiger partial charge is 0.330 e. The summed E-state index contributed by atoms with van der Waals surface area (Å²) in [4.78, 5) is 8.51. The summed E-state index contributed by atoms with van der Waals surface area (Å²) in [5, 5.41) is 0. The van der Waals surface area contributed by atoms with Gasteiger partial charge in [0.05, 0.1) is 0 Å². The molecule has 0 amide bonds. The van der Waals surface area contributed by atoms with E-state index in [2.05, 4.69) is 9.97 Å². The SMILES string of the molecule is Cl.NCCc1ncc(-c2ccccc2)cn1. The highest BCUT2D eigenvalue weighted by molar-refractivity contribution is 5.85. The average molecular weight is 236 g/mol. The molecule has 4 heteroatoms. The summed E-state index contributed by atoms with van der Waals surface area (Å²) in [7, 11) is 0. The molecule has 0 unspecified atom stereocenters. The van der Waals surface area contributed by atoms with Gasteiger partial charge in [-0.25, -0.2) is 9.97 Å². The van der Waals surface area contributed by atoms with Gasteiger partial charge in [-0.2, -0.15) is 0 Å². The van der Waals surface area contributed by atoms with Gasteiger partial charge in [0.25, 0.3) is 0 Å². The van der Waals surface area contributed by atoms with Crippen LogP contribution in [0.15, 0.2) is 42.7 Å². The maximum absolute atomic E-state index is 5.43. The Morgan fingerprint density at radius 2 is 1.56 bits per heavy atom. The zero-order valence-electron chi connectivity index (χ0n) is 8.84. The minimum atomic E-state index is 0. The fourth-order valence-electron chi connectivity index (χ4n) is 1.39. The maximum Gasteiger partial charge on any atom is 0.129 e. The molecule has 0 atom stereocenters. The Labute approximate surface area is 101 Å². The number of hydrogen-bond acceptors (Lipinski definition) is 3. The van der Waals surface area contributed by atoms with Crippen LogP contribution in [0.25, 0.3) is 11.1 Å². The fourth-order valence-corrected chi connectivity index (χ4v) is 1.39. The van der Waals surface area contributed by atoms with Gasteiger partial charge in [-0.1, -0.05) is 30.3 Å². The Morgan fingerprint density at radius 1 is 0.938 bits per heavy atom. The number of aromatic nitrogens is 2. The van der Waals surface area contributed by atoms with Crippen LogP contribution in [0.4, 0.5) is 0 Å². The van der Waals surface area contributed by atoms with Crippen LogP contribution in [-0.2, 0) is 6.42 Å². The van der Waals surface area contributed by atoms with E-state index in [1.165, 1.54) is 0 Å². The molecule has 84 valence electrons. The summed E-state index contributed by atoms with van der Waals surface area (Å²) in [5.41, 5.74) is 7.60. The third-order valence-corrected chi connectivity index (χ3v) is 2.18. The van der Waals surface area contributed by atoms with E-state index in [1.807, 2.05) is 42.7 Å². The van der Waals surface area contributed by atoms with Crippen molar-refractivity contribution in [3.8, 4) is 11.1 Å². The van der Waals surface area contributed by atoms with Gasteiger partial charge in [0.1, 0.15) is 5.82 Å². The standard InChI is InChI=1S/C12H13N3.ClH/c13-7-6-12-14-8-11(9-15-12)10-4-2-1-3-5-10;/h1-5,8-9H,6-7,13H2;1H. The molecule has 1 aromatic carbocycles. The van der Waals surface area contributed by atoms with E-state index >= 15 is 0 Å². The molecule has 1 aromatic heterocycles. The predicted molar refractivity (Wildman–Crippen MR) is 67.5 cm³/mol. The van der Waals surface area contributed by atoms with E-state index in [9.17, 15) is 0 Å². The Balaban J connectivity index is 0.00000128. The van der Waals surface area contributed by atoms with Gasteiger partial charge < -0.3 is 5.73 Å². The third-order valence-electron chi connectivity index (χ3n) is 2.18. The molecule has 16 heavy (non-hydrogen) atoms. The fraction of sp³-hybridized carbons (Fsp3) is 0.167.